The maximum absolute atomic E-state index is 13.5. The summed E-state index contributed by atoms with van der Waals surface area (Å²) in [6.07, 6.45) is 1.17. The van der Waals surface area contributed by atoms with Gasteiger partial charge in [0.1, 0.15) is 0 Å². The predicted octanol–water partition coefficient (Wildman–Crippen LogP) is 4.09. The molecular formula is C11H6BrCl2FN2O2S. The van der Waals surface area contributed by atoms with Crippen LogP contribution in [0.5, 0.6) is 0 Å². The minimum atomic E-state index is -4.22. The van der Waals surface area contributed by atoms with E-state index in [2.05, 4.69) is 25.6 Å². The van der Waals surface area contributed by atoms with E-state index >= 15 is 0 Å². The molecule has 0 unspecified atom stereocenters. The molecule has 0 atom stereocenters. The Kier molecular flexibility index (Phi) is 4.53. The first-order valence-corrected chi connectivity index (χ1v) is 8.12. The fourth-order valence-corrected chi connectivity index (χ4v) is 3.92. The van der Waals surface area contributed by atoms with Crippen molar-refractivity contribution in [3.8, 4) is 0 Å². The zero-order valence-corrected chi connectivity index (χ0v) is 13.5. The van der Waals surface area contributed by atoms with E-state index in [1.807, 2.05) is 0 Å². The molecule has 2 rings (SSSR count). The summed E-state index contributed by atoms with van der Waals surface area (Å²) in [6.45, 7) is 0. The Morgan fingerprint density at radius 1 is 1.25 bits per heavy atom. The Bertz CT molecular complexity index is 748. The fraction of sp³-hybridized carbons (Fsp3) is 0. The lowest BCUT2D eigenvalue weighted by Crippen LogP contribution is -2.16. The third-order valence-electron chi connectivity index (χ3n) is 2.22. The van der Waals surface area contributed by atoms with E-state index in [-0.39, 0.29) is 15.7 Å². The Balaban J connectivity index is 2.47. The minimum absolute atomic E-state index is 0.0402. The largest absolute Gasteiger partial charge is 0.282 e. The van der Waals surface area contributed by atoms with Gasteiger partial charge in [-0.05, 0) is 24.3 Å². The molecule has 9 heteroatoms. The summed E-state index contributed by atoms with van der Waals surface area (Å²) in [5.41, 5.74) is -0.0402. The van der Waals surface area contributed by atoms with Gasteiger partial charge in [0, 0.05) is 10.7 Å². The number of pyridine rings is 1. The van der Waals surface area contributed by atoms with E-state index < -0.39 is 20.9 Å². The van der Waals surface area contributed by atoms with Crippen molar-refractivity contribution in [2.24, 2.45) is 0 Å². The highest BCUT2D eigenvalue weighted by atomic mass is 79.9. The van der Waals surface area contributed by atoms with Gasteiger partial charge in [-0.1, -0.05) is 39.1 Å². The van der Waals surface area contributed by atoms with Gasteiger partial charge in [-0.25, -0.2) is 9.37 Å². The van der Waals surface area contributed by atoms with Gasteiger partial charge in [0.2, 0.25) is 5.03 Å². The van der Waals surface area contributed by atoms with Gasteiger partial charge in [0.15, 0.2) is 5.82 Å². The maximum atomic E-state index is 13.5. The lowest BCUT2D eigenvalue weighted by molar-refractivity contribution is 0.557. The van der Waals surface area contributed by atoms with Crippen molar-refractivity contribution in [3.05, 3.63) is 50.8 Å². The number of sulfonamides is 1. The molecule has 0 bridgehead atoms. The maximum Gasteiger partial charge on any atom is 0.282 e. The number of aromatic nitrogens is 1. The van der Waals surface area contributed by atoms with Gasteiger partial charge < -0.3 is 0 Å². The van der Waals surface area contributed by atoms with E-state index in [0.29, 0.717) is 4.47 Å². The molecule has 0 aliphatic carbocycles. The number of halogens is 4. The highest BCUT2D eigenvalue weighted by molar-refractivity contribution is 9.10. The average molecular weight is 400 g/mol. The molecule has 1 N–H and O–H groups in total. The number of nitrogens with one attached hydrogen (secondary N) is 1. The zero-order valence-electron chi connectivity index (χ0n) is 9.57. The molecule has 106 valence electrons. The third-order valence-corrected chi connectivity index (χ3v) is 4.56. The van der Waals surface area contributed by atoms with E-state index in [9.17, 15) is 12.8 Å². The summed E-state index contributed by atoms with van der Waals surface area (Å²) in [4.78, 5) is 3.50. The highest BCUT2D eigenvalue weighted by Gasteiger charge is 2.23. The summed E-state index contributed by atoms with van der Waals surface area (Å²) in [7, 11) is -4.22. The van der Waals surface area contributed by atoms with Gasteiger partial charge in [-0.2, -0.15) is 8.42 Å². The molecule has 0 spiro atoms. The molecule has 0 saturated heterocycles. The number of nitrogens with zero attached hydrogens (tertiary/aromatic N) is 1. The minimum Gasteiger partial charge on any atom is -0.275 e. The average Bonchev–Trinajstić information content (AvgIpc) is 2.34. The molecule has 4 nitrogen and oxygen atoms in total. The molecule has 0 aliphatic rings. The van der Waals surface area contributed by atoms with Crippen molar-refractivity contribution in [1.82, 2.24) is 4.98 Å². The van der Waals surface area contributed by atoms with Gasteiger partial charge in [-0.15, -0.1) is 0 Å². The number of benzene rings is 1. The van der Waals surface area contributed by atoms with Crippen molar-refractivity contribution >= 4 is 54.8 Å². The molecule has 0 amide bonds. The van der Waals surface area contributed by atoms with E-state index in [1.165, 1.54) is 24.4 Å². The molecule has 0 saturated carbocycles. The quantitative estimate of drug-likeness (QED) is 0.845. The van der Waals surface area contributed by atoms with Crippen LogP contribution in [0.3, 0.4) is 0 Å². The van der Waals surface area contributed by atoms with Crippen LogP contribution in [0.15, 0.2) is 40.0 Å². The topological polar surface area (TPSA) is 59.1 Å². The molecular weight excluding hydrogens is 394 g/mol. The first kappa shape index (κ1) is 15.5. The first-order valence-electron chi connectivity index (χ1n) is 5.09. The number of hydrogen-bond donors (Lipinski definition) is 1. The summed E-state index contributed by atoms with van der Waals surface area (Å²) in [6, 6.07) is 5.19. The Hall–Kier alpha value is -0.890. The van der Waals surface area contributed by atoms with Gasteiger partial charge in [-0.3, -0.25) is 4.72 Å². The third kappa shape index (κ3) is 3.22. The molecule has 0 aliphatic heterocycles. The second-order valence-electron chi connectivity index (χ2n) is 3.64. The lowest BCUT2D eigenvalue weighted by atomic mass is 10.3. The Labute approximate surface area is 133 Å². The SMILES string of the molecule is O=S(=O)(Nc1c(Cl)cc(Br)cc1Cl)c1ncccc1F. The molecule has 0 radical (unpaired) electrons. The highest BCUT2D eigenvalue weighted by Crippen LogP contribution is 2.35. The molecule has 1 heterocycles. The first-order chi connectivity index (χ1) is 9.31. The van der Waals surface area contributed by atoms with Gasteiger partial charge in [0.25, 0.3) is 10.0 Å². The Morgan fingerprint density at radius 2 is 1.85 bits per heavy atom. The van der Waals surface area contributed by atoms with Crippen molar-refractivity contribution in [1.29, 1.82) is 0 Å². The van der Waals surface area contributed by atoms with Crippen LogP contribution in [-0.2, 0) is 10.0 Å². The van der Waals surface area contributed by atoms with Crippen LogP contribution in [0.25, 0.3) is 0 Å². The van der Waals surface area contributed by atoms with Crippen LogP contribution in [0.4, 0.5) is 10.1 Å². The van der Waals surface area contributed by atoms with Crippen molar-refractivity contribution in [2.75, 3.05) is 4.72 Å². The summed E-state index contributed by atoms with van der Waals surface area (Å²) >= 11 is 15.0. The second-order valence-corrected chi connectivity index (χ2v) is 6.97. The van der Waals surface area contributed by atoms with E-state index in [4.69, 9.17) is 23.2 Å². The van der Waals surface area contributed by atoms with E-state index in [0.717, 1.165) is 6.07 Å². The number of hydrogen-bond acceptors (Lipinski definition) is 3. The van der Waals surface area contributed by atoms with Crippen LogP contribution in [0.2, 0.25) is 10.0 Å². The van der Waals surface area contributed by atoms with Crippen molar-refractivity contribution < 1.29 is 12.8 Å². The van der Waals surface area contributed by atoms with Crippen LogP contribution in [-0.4, -0.2) is 13.4 Å². The van der Waals surface area contributed by atoms with Crippen molar-refractivity contribution in [2.45, 2.75) is 5.03 Å². The van der Waals surface area contributed by atoms with Crippen molar-refractivity contribution in [3.63, 3.8) is 0 Å². The second kappa shape index (κ2) is 5.85. The molecule has 0 fully saturated rings. The fourth-order valence-electron chi connectivity index (χ4n) is 1.39. The van der Waals surface area contributed by atoms with Gasteiger partial charge in [0.05, 0.1) is 15.7 Å². The standard InChI is InChI=1S/C11H6BrCl2FN2O2S/c12-6-4-7(13)10(8(14)5-6)17-20(18,19)11-9(15)2-1-3-16-11/h1-5,17H. The molecule has 1 aromatic carbocycles. The summed E-state index contributed by atoms with van der Waals surface area (Å²) < 4.78 is 40.3. The normalized spacial score (nSPS) is 11.4. The molecule has 1 aromatic heterocycles. The van der Waals surface area contributed by atoms with Crippen LogP contribution < -0.4 is 4.72 Å². The lowest BCUT2D eigenvalue weighted by Gasteiger charge is -2.11. The van der Waals surface area contributed by atoms with Crippen LogP contribution >= 0.6 is 39.1 Å². The Morgan fingerprint density at radius 3 is 2.40 bits per heavy atom. The number of rotatable bonds is 3. The molecule has 2 aromatic rings. The monoisotopic (exact) mass is 398 g/mol. The smallest absolute Gasteiger partial charge is 0.275 e. The zero-order chi connectivity index (χ0) is 14.9. The van der Waals surface area contributed by atoms with Crippen LogP contribution in [0.1, 0.15) is 0 Å². The summed E-state index contributed by atoms with van der Waals surface area (Å²) in [5.74, 6) is -0.968. The number of anilines is 1. The van der Waals surface area contributed by atoms with E-state index in [1.54, 1.807) is 0 Å². The summed E-state index contributed by atoms with van der Waals surface area (Å²) in [5, 5.41) is -0.580. The molecule has 20 heavy (non-hydrogen) atoms. The van der Waals surface area contributed by atoms with Crippen LogP contribution in [0, 0.1) is 5.82 Å². The van der Waals surface area contributed by atoms with Gasteiger partial charge >= 0.3 is 0 Å². The predicted molar refractivity (Wildman–Crippen MR) is 79.2 cm³/mol.